The molecule has 0 aliphatic carbocycles. The topological polar surface area (TPSA) is 122 Å². The van der Waals surface area contributed by atoms with Gasteiger partial charge >= 0.3 is 5.97 Å². The summed E-state index contributed by atoms with van der Waals surface area (Å²) in [6, 6.07) is 0. The van der Waals surface area contributed by atoms with Gasteiger partial charge in [0.15, 0.2) is 0 Å². The predicted molar refractivity (Wildman–Crippen MR) is 61.3 cm³/mol. The molecule has 0 aromatic carbocycles. The maximum atomic E-state index is 11.9. The predicted octanol–water partition coefficient (Wildman–Crippen LogP) is -0.983. The van der Waals surface area contributed by atoms with Crippen LogP contribution in [0.3, 0.4) is 0 Å². The largest absolute Gasteiger partial charge is 0.480 e. The molecule has 0 unspecified atom stereocenters. The van der Waals surface area contributed by atoms with Gasteiger partial charge in [0, 0.05) is 6.20 Å². The van der Waals surface area contributed by atoms with Crippen LogP contribution in [0.1, 0.15) is 13.8 Å². The van der Waals surface area contributed by atoms with Crippen LogP contribution in [0.25, 0.3) is 0 Å². The summed E-state index contributed by atoms with van der Waals surface area (Å²) < 4.78 is 27.1. The van der Waals surface area contributed by atoms with E-state index in [4.69, 9.17) is 10.2 Å². The molecule has 0 fully saturated rings. The molecular formula is C9H15N3O5S. The number of sulfonamides is 1. The summed E-state index contributed by atoms with van der Waals surface area (Å²) in [5, 5.41) is 21.2. The highest BCUT2D eigenvalue weighted by molar-refractivity contribution is 7.89. The van der Waals surface area contributed by atoms with E-state index in [1.165, 1.54) is 13.8 Å². The fraction of sp³-hybridized carbons (Fsp3) is 0.556. The van der Waals surface area contributed by atoms with Crippen molar-refractivity contribution < 1.29 is 23.4 Å². The van der Waals surface area contributed by atoms with Crippen LogP contribution in [0.2, 0.25) is 0 Å². The maximum absolute atomic E-state index is 11.9. The van der Waals surface area contributed by atoms with Gasteiger partial charge < -0.3 is 10.2 Å². The summed E-state index contributed by atoms with van der Waals surface area (Å²) in [4.78, 5) is 10.3. The molecule has 8 nitrogen and oxygen atoms in total. The second-order valence-electron chi connectivity index (χ2n) is 4.41. The maximum Gasteiger partial charge on any atom is 0.325 e. The average Bonchev–Trinajstić information content (AvgIpc) is 2.64. The van der Waals surface area contributed by atoms with Gasteiger partial charge in [0.1, 0.15) is 11.4 Å². The molecule has 0 atom stereocenters. The Hall–Kier alpha value is -1.45. The number of aliphatic hydroxyl groups excluding tert-OH is 1. The highest BCUT2D eigenvalue weighted by Crippen LogP contribution is 2.11. The van der Waals surface area contributed by atoms with Gasteiger partial charge in [-0.15, -0.1) is 0 Å². The number of aliphatic carboxylic acids is 1. The van der Waals surface area contributed by atoms with E-state index in [9.17, 15) is 13.2 Å². The lowest BCUT2D eigenvalue weighted by Crippen LogP contribution is -2.46. The van der Waals surface area contributed by atoms with Gasteiger partial charge in [0.25, 0.3) is 0 Å². The number of hydrogen-bond acceptors (Lipinski definition) is 5. The third-order valence-electron chi connectivity index (χ3n) is 2.02. The van der Waals surface area contributed by atoms with Gasteiger partial charge in [-0.2, -0.15) is 5.10 Å². The van der Waals surface area contributed by atoms with E-state index >= 15 is 0 Å². The summed E-state index contributed by atoms with van der Waals surface area (Å²) in [5.74, 6) is -1.12. The molecule has 102 valence electrons. The van der Waals surface area contributed by atoms with Gasteiger partial charge in [0.05, 0.1) is 18.3 Å². The first-order valence-corrected chi connectivity index (χ1v) is 6.54. The van der Waals surface area contributed by atoms with Gasteiger partial charge in [-0.25, -0.2) is 13.1 Å². The second-order valence-corrected chi connectivity index (χ2v) is 6.10. The van der Waals surface area contributed by atoms with Gasteiger partial charge in [-0.3, -0.25) is 9.48 Å². The molecule has 1 rings (SSSR count). The molecule has 18 heavy (non-hydrogen) atoms. The zero-order valence-electron chi connectivity index (χ0n) is 9.99. The van der Waals surface area contributed by atoms with Crippen LogP contribution in [-0.2, 0) is 21.4 Å². The molecule has 1 aromatic rings. The van der Waals surface area contributed by atoms with E-state index in [1.807, 2.05) is 0 Å². The van der Waals surface area contributed by atoms with Crippen molar-refractivity contribution in [2.75, 3.05) is 6.61 Å². The highest BCUT2D eigenvalue weighted by Gasteiger charge is 2.26. The Labute approximate surface area is 104 Å². The van der Waals surface area contributed by atoms with Crippen molar-refractivity contribution in [3.63, 3.8) is 0 Å². The molecule has 0 saturated carbocycles. The molecule has 1 heterocycles. The number of carboxylic acid groups (broad SMARTS) is 1. The number of carboxylic acids is 1. The molecule has 0 amide bonds. The third-order valence-corrected chi connectivity index (χ3v) is 3.68. The summed E-state index contributed by atoms with van der Waals surface area (Å²) in [5.41, 5.74) is -1.01. The Morgan fingerprint density at radius 1 is 1.56 bits per heavy atom. The standard InChI is InChI=1S/C9H15N3O5S/c1-9(2,6-13)11-18(16,17)7-3-10-12(4-7)5-8(14)15/h3-4,11,13H,5-6H2,1-2H3,(H,14,15). The second kappa shape index (κ2) is 5.04. The molecule has 9 heteroatoms. The highest BCUT2D eigenvalue weighted by atomic mass is 32.2. The number of nitrogens with zero attached hydrogens (tertiary/aromatic N) is 2. The van der Waals surface area contributed by atoms with E-state index in [2.05, 4.69) is 9.82 Å². The van der Waals surface area contributed by atoms with Crippen molar-refractivity contribution in [2.24, 2.45) is 0 Å². The van der Waals surface area contributed by atoms with Crippen LogP contribution in [0.15, 0.2) is 17.3 Å². The molecule has 1 aromatic heterocycles. The monoisotopic (exact) mass is 277 g/mol. The quantitative estimate of drug-likeness (QED) is 0.614. The summed E-state index contributed by atoms with van der Waals surface area (Å²) in [6.45, 7) is 2.26. The van der Waals surface area contributed by atoms with Gasteiger partial charge in [0.2, 0.25) is 10.0 Å². The van der Waals surface area contributed by atoms with Crippen molar-refractivity contribution in [3.8, 4) is 0 Å². The number of hydrogen-bond donors (Lipinski definition) is 3. The van der Waals surface area contributed by atoms with Crippen molar-refractivity contribution in [1.82, 2.24) is 14.5 Å². The first kappa shape index (κ1) is 14.6. The Morgan fingerprint density at radius 2 is 2.17 bits per heavy atom. The van der Waals surface area contributed by atoms with E-state index in [-0.39, 0.29) is 11.5 Å². The molecule has 0 saturated heterocycles. The Kier molecular flexibility index (Phi) is 4.09. The van der Waals surface area contributed by atoms with Crippen LogP contribution in [0.5, 0.6) is 0 Å². The van der Waals surface area contributed by atoms with Crippen molar-refractivity contribution in [3.05, 3.63) is 12.4 Å². The normalized spacial score (nSPS) is 12.6. The van der Waals surface area contributed by atoms with Crippen molar-refractivity contribution in [2.45, 2.75) is 30.8 Å². The Balaban J connectivity index is 2.92. The zero-order chi connectivity index (χ0) is 14.0. The molecule has 0 radical (unpaired) electrons. The van der Waals surface area contributed by atoms with E-state index < -0.39 is 28.1 Å². The van der Waals surface area contributed by atoms with Crippen molar-refractivity contribution in [1.29, 1.82) is 0 Å². The van der Waals surface area contributed by atoms with E-state index in [1.54, 1.807) is 0 Å². The summed E-state index contributed by atoms with van der Waals surface area (Å²) >= 11 is 0. The molecule has 3 N–H and O–H groups in total. The fourth-order valence-electron chi connectivity index (χ4n) is 1.16. The first-order chi connectivity index (χ1) is 8.16. The number of aliphatic hydroxyl groups is 1. The average molecular weight is 277 g/mol. The van der Waals surface area contributed by atoms with Crippen LogP contribution in [-0.4, -0.2) is 46.5 Å². The molecule has 0 spiro atoms. The molecule has 0 bridgehead atoms. The van der Waals surface area contributed by atoms with Gasteiger partial charge in [-0.05, 0) is 13.8 Å². The lowest BCUT2D eigenvalue weighted by Gasteiger charge is -2.22. The lowest BCUT2D eigenvalue weighted by atomic mass is 10.1. The number of aromatic nitrogens is 2. The fourth-order valence-corrected chi connectivity index (χ4v) is 2.52. The smallest absolute Gasteiger partial charge is 0.325 e. The van der Waals surface area contributed by atoms with Crippen LogP contribution >= 0.6 is 0 Å². The zero-order valence-corrected chi connectivity index (χ0v) is 10.8. The van der Waals surface area contributed by atoms with Crippen LogP contribution < -0.4 is 4.72 Å². The van der Waals surface area contributed by atoms with Gasteiger partial charge in [-0.1, -0.05) is 0 Å². The Morgan fingerprint density at radius 3 is 2.67 bits per heavy atom. The molecule has 0 aliphatic rings. The molecule has 0 aliphatic heterocycles. The Bertz CT molecular complexity index is 534. The number of carbonyl (C=O) groups is 1. The third kappa shape index (κ3) is 3.79. The van der Waals surface area contributed by atoms with Crippen molar-refractivity contribution >= 4 is 16.0 Å². The summed E-state index contributed by atoms with van der Waals surface area (Å²) in [7, 11) is -3.83. The summed E-state index contributed by atoms with van der Waals surface area (Å²) in [6.07, 6.45) is 2.17. The number of rotatable bonds is 6. The number of nitrogens with one attached hydrogen (secondary N) is 1. The van der Waals surface area contributed by atoms with Crippen LogP contribution in [0.4, 0.5) is 0 Å². The SMILES string of the molecule is CC(C)(CO)NS(=O)(=O)c1cnn(CC(=O)O)c1. The van der Waals surface area contributed by atoms with E-state index in [0.29, 0.717) is 0 Å². The molecular weight excluding hydrogens is 262 g/mol. The minimum Gasteiger partial charge on any atom is -0.480 e. The lowest BCUT2D eigenvalue weighted by molar-refractivity contribution is -0.137. The minimum absolute atomic E-state index is 0.148. The first-order valence-electron chi connectivity index (χ1n) is 5.05. The minimum atomic E-state index is -3.83. The van der Waals surface area contributed by atoms with E-state index in [0.717, 1.165) is 17.1 Å². The van der Waals surface area contributed by atoms with Crippen LogP contribution in [0, 0.1) is 0 Å².